The summed E-state index contributed by atoms with van der Waals surface area (Å²) in [6.45, 7) is -0.560. The molecule has 0 N–H and O–H groups in total. The number of halogens is 2. The number of methoxy groups -OCH3 is 1. The number of carbonyl (C=O) groups excluding carboxylic acids is 1. The number of esters is 1. The average Bonchev–Trinajstić information content (AvgIpc) is 2.55. The summed E-state index contributed by atoms with van der Waals surface area (Å²) in [5.41, 5.74) is 0.0608. The maximum absolute atomic E-state index is 13.3. The van der Waals surface area contributed by atoms with Crippen molar-refractivity contribution < 1.29 is 22.3 Å². The molecular weight excluding hydrogens is 345 g/mol. The molecule has 0 heterocycles. The van der Waals surface area contributed by atoms with Gasteiger partial charge in [0.2, 0.25) is 0 Å². The molecule has 0 radical (unpaired) electrons. The van der Waals surface area contributed by atoms with E-state index >= 15 is 0 Å². The number of hydrogen-bond acceptors (Lipinski definition) is 4. The van der Waals surface area contributed by atoms with Crippen LogP contribution in [0, 0.1) is 5.82 Å². The molecule has 0 aromatic heterocycles. The van der Waals surface area contributed by atoms with Crippen LogP contribution in [-0.2, 0) is 19.6 Å². The van der Waals surface area contributed by atoms with E-state index in [4.69, 9.17) is 11.6 Å². The Bertz CT molecular complexity index is 811. The zero-order chi connectivity index (χ0) is 17.0. The van der Waals surface area contributed by atoms with E-state index in [1.807, 2.05) is 0 Å². The predicted octanol–water partition coefficient (Wildman–Crippen LogP) is 2.85. The number of anilines is 1. The number of benzene rings is 2. The third-order valence-corrected chi connectivity index (χ3v) is 5.10. The fourth-order valence-electron chi connectivity index (χ4n) is 1.86. The smallest absolute Gasteiger partial charge is 0.326 e. The Hall–Kier alpha value is -2.12. The quantitative estimate of drug-likeness (QED) is 0.772. The standard InChI is InChI=1S/C15H13ClFNO4S/c1-22-15(19)10-18(11-7-8-14(17)13(16)9-11)23(20,21)12-5-3-2-4-6-12/h2-9H,10H2,1H3. The van der Waals surface area contributed by atoms with Gasteiger partial charge in [0.05, 0.1) is 22.7 Å². The van der Waals surface area contributed by atoms with E-state index in [1.54, 1.807) is 18.2 Å². The molecule has 0 aliphatic carbocycles. The van der Waals surface area contributed by atoms with Gasteiger partial charge in [0.1, 0.15) is 12.4 Å². The first kappa shape index (κ1) is 17.2. The van der Waals surface area contributed by atoms with Gasteiger partial charge < -0.3 is 4.74 Å². The molecule has 0 amide bonds. The summed E-state index contributed by atoms with van der Waals surface area (Å²) in [4.78, 5) is 11.6. The molecule has 2 aromatic carbocycles. The van der Waals surface area contributed by atoms with E-state index in [1.165, 1.54) is 18.2 Å². The van der Waals surface area contributed by atoms with Gasteiger partial charge in [-0.05, 0) is 30.3 Å². The predicted molar refractivity (Wildman–Crippen MR) is 84.4 cm³/mol. The number of hydrogen-bond donors (Lipinski definition) is 0. The van der Waals surface area contributed by atoms with Gasteiger partial charge in [-0.3, -0.25) is 9.10 Å². The Morgan fingerprint density at radius 3 is 2.43 bits per heavy atom. The van der Waals surface area contributed by atoms with Crippen molar-refractivity contribution in [1.29, 1.82) is 0 Å². The van der Waals surface area contributed by atoms with Crippen LogP contribution in [0.2, 0.25) is 5.02 Å². The lowest BCUT2D eigenvalue weighted by Crippen LogP contribution is -2.36. The molecule has 8 heteroatoms. The van der Waals surface area contributed by atoms with Crippen LogP contribution in [0.3, 0.4) is 0 Å². The minimum absolute atomic E-state index is 0.00986. The molecule has 2 rings (SSSR count). The van der Waals surface area contributed by atoms with Gasteiger partial charge in [0.25, 0.3) is 10.0 Å². The van der Waals surface area contributed by atoms with Crippen molar-refractivity contribution in [2.45, 2.75) is 4.90 Å². The number of carbonyl (C=O) groups is 1. The van der Waals surface area contributed by atoms with Gasteiger partial charge in [0.15, 0.2) is 0 Å². The maximum Gasteiger partial charge on any atom is 0.326 e. The molecule has 0 bridgehead atoms. The lowest BCUT2D eigenvalue weighted by Gasteiger charge is -2.23. The van der Waals surface area contributed by atoms with Crippen LogP contribution in [0.15, 0.2) is 53.4 Å². The molecule has 0 unspecified atom stereocenters. The second-order valence-corrected chi connectivity index (χ2v) is 6.77. The summed E-state index contributed by atoms with van der Waals surface area (Å²) in [5, 5.41) is -0.249. The Balaban J connectivity index is 2.54. The van der Waals surface area contributed by atoms with Crippen LogP contribution in [0.5, 0.6) is 0 Å². The van der Waals surface area contributed by atoms with Crippen molar-refractivity contribution in [3.8, 4) is 0 Å². The van der Waals surface area contributed by atoms with E-state index in [0.717, 1.165) is 23.5 Å². The highest BCUT2D eigenvalue weighted by Gasteiger charge is 2.27. The summed E-state index contributed by atoms with van der Waals surface area (Å²) < 4.78 is 44.2. The molecule has 0 fully saturated rings. The van der Waals surface area contributed by atoms with Crippen molar-refractivity contribution in [3.05, 3.63) is 59.4 Å². The molecule has 0 aliphatic heterocycles. The first-order valence-electron chi connectivity index (χ1n) is 6.46. The normalized spacial score (nSPS) is 11.1. The molecule has 23 heavy (non-hydrogen) atoms. The lowest BCUT2D eigenvalue weighted by atomic mass is 10.3. The highest BCUT2D eigenvalue weighted by molar-refractivity contribution is 7.92. The van der Waals surface area contributed by atoms with Crippen LogP contribution in [0.1, 0.15) is 0 Å². The maximum atomic E-state index is 13.3. The van der Waals surface area contributed by atoms with Crippen LogP contribution < -0.4 is 4.31 Å². The Labute approximate surface area is 138 Å². The first-order valence-corrected chi connectivity index (χ1v) is 8.27. The van der Waals surface area contributed by atoms with Crippen LogP contribution in [-0.4, -0.2) is 28.0 Å². The largest absolute Gasteiger partial charge is 0.468 e. The van der Waals surface area contributed by atoms with E-state index in [-0.39, 0.29) is 15.6 Å². The zero-order valence-corrected chi connectivity index (χ0v) is 13.6. The van der Waals surface area contributed by atoms with Crippen LogP contribution >= 0.6 is 11.6 Å². The highest BCUT2D eigenvalue weighted by Crippen LogP contribution is 2.27. The second kappa shape index (κ2) is 6.97. The van der Waals surface area contributed by atoms with E-state index < -0.39 is 28.4 Å². The van der Waals surface area contributed by atoms with Crippen molar-refractivity contribution in [2.24, 2.45) is 0 Å². The molecule has 5 nitrogen and oxygen atoms in total. The summed E-state index contributed by atoms with van der Waals surface area (Å²) in [7, 11) is -2.89. The lowest BCUT2D eigenvalue weighted by molar-refractivity contribution is -0.138. The molecule has 0 spiro atoms. The molecule has 0 saturated heterocycles. The molecular formula is C15H13ClFNO4S. The van der Waals surface area contributed by atoms with E-state index in [9.17, 15) is 17.6 Å². The number of rotatable bonds is 5. The van der Waals surface area contributed by atoms with Gasteiger partial charge in [-0.15, -0.1) is 0 Å². The van der Waals surface area contributed by atoms with Crippen molar-refractivity contribution in [3.63, 3.8) is 0 Å². The molecule has 0 saturated carbocycles. The third-order valence-electron chi connectivity index (χ3n) is 3.02. The van der Waals surface area contributed by atoms with Gasteiger partial charge in [-0.2, -0.15) is 0 Å². The Morgan fingerprint density at radius 2 is 1.87 bits per heavy atom. The first-order chi connectivity index (χ1) is 10.9. The molecule has 122 valence electrons. The second-order valence-electron chi connectivity index (χ2n) is 4.50. The zero-order valence-electron chi connectivity index (χ0n) is 12.1. The van der Waals surface area contributed by atoms with Crippen molar-refractivity contribution in [2.75, 3.05) is 18.0 Å². The third kappa shape index (κ3) is 3.80. The summed E-state index contributed by atoms with van der Waals surface area (Å²) in [5.74, 6) is -1.45. The summed E-state index contributed by atoms with van der Waals surface area (Å²) >= 11 is 5.71. The molecule has 0 atom stereocenters. The highest BCUT2D eigenvalue weighted by atomic mass is 35.5. The molecule has 0 aliphatic rings. The number of nitrogens with zero attached hydrogens (tertiary/aromatic N) is 1. The van der Waals surface area contributed by atoms with Crippen LogP contribution in [0.4, 0.5) is 10.1 Å². The molecule has 2 aromatic rings. The summed E-state index contributed by atoms with van der Waals surface area (Å²) in [6, 6.07) is 11.0. The Morgan fingerprint density at radius 1 is 1.22 bits per heavy atom. The fraction of sp³-hybridized carbons (Fsp3) is 0.133. The van der Waals surface area contributed by atoms with Gasteiger partial charge in [0, 0.05) is 0 Å². The van der Waals surface area contributed by atoms with Gasteiger partial charge in [-0.1, -0.05) is 29.8 Å². The van der Waals surface area contributed by atoms with Gasteiger partial charge in [-0.25, -0.2) is 12.8 Å². The fourth-order valence-corrected chi connectivity index (χ4v) is 3.45. The average molecular weight is 358 g/mol. The SMILES string of the molecule is COC(=O)CN(c1ccc(F)c(Cl)c1)S(=O)(=O)c1ccccc1. The van der Waals surface area contributed by atoms with Crippen molar-refractivity contribution >= 4 is 33.3 Å². The number of sulfonamides is 1. The monoisotopic (exact) mass is 357 g/mol. The minimum Gasteiger partial charge on any atom is -0.468 e. The van der Waals surface area contributed by atoms with Gasteiger partial charge >= 0.3 is 5.97 Å². The minimum atomic E-state index is -4.04. The summed E-state index contributed by atoms with van der Waals surface area (Å²) in [6.07, 6.45) is 0. The topological polar surface area (TPSA) is 63.7 Å². The van der Waals surface area contributed by atoms with Crippen molar-refractivity contribution in [1.82, 2.24) is 0 Å². The number of ether oxygens (including phenoxy) is 1. The Kier molecular flexibility index (Phi) is 5.23. The van der Waals surface area contributed by atoms with E-state index in [2.05, 4.69) is 4.74 Å². The van der Waals surface area contributed by atoms with Crippen LogP contribution in [0.25, 0.3) is 0 Å². The van der Waals surface area contributed by atoms with E-state index in [0.29, 0.717) is 0 Å².